The van der Waals surface area contributed by atoms with Crippen LogP contribution in [0.3, 0.4) is 0 Å². The molecular weight excluding hydrogens is 472 g/mol. The first kappa shape index (κ1) is 20.9. The summed E-state index contributed by atoms with van der Waals surface area (Å²) in [5.74, 6) is 2.45. The molecule has 1 aromatic heterocycles. The molecule has 38 heavy (non-hydrogen) atoms. The number of aryl methyl sites for hydroxylation is 2. The highest BCUT2D eigenvalue weighted by atomic mass is 16.5. The number of aliphatic hydroxyl groups is 1. The molecule has 6 aliphatic rings. The number of hydrogen-bond acceptors (Lipinski definition) is 4. The number of H-pyrrole nitrogens is 1. The highest BCUT2D eigenvalue weighted by Gasteiger charge is 2.73. The fourth-order valence-corrected chi connectivity index (χ4v) is 9.56. The molecule has 1 spiro atoms. The van der Waals surface area contributed by atoms with Crippen LogP contribution in [0.5, 0.6) is 11.5 Å². The predicted molar refractivity (Wildman–Crippen MR) is 146 cm³/mol. The molecule has 192 valence electrons. The van der Waals surface area contributed by atoms with Gasteiger partial charge in [0.25, 0.3) is 0 Å². The average Bonchev–Trinajstić information content (AvgIpc) is 3.37. The molecule has 4 atom stereocenters. The zero-order chi connectivity index (χ0) is 25.0. The van der Waals surface area contributed by atoms with E-state index >= 15 is 0 Å². The van der Waals surface area contributed by atoms with Crippen molar-refractivity contribution in [2.24, 2.45) is 5.92 Å². The molecule has 2 bridgehead atoms. The minimum Gasteiger partial charge on any atom is -0.493 e. The Bertz CT molecular complexity index is 1730. The van der Waals surface area contributed by atoms with E-state index in [-0.39, 0.29) is 12.1 Å². The normalized spacial score (nSPS) is 31.9. The number of aromatic nitrogens is 1. The van der Waals surface area contributed by atoms with Crippen LogP contribution < -0.4 is 9.47 Å². The summed E-state index contributed by atoms with van der Waals surface area (Å²) in [7, 11) is 1.73. The van der Waals surface area contributed by atoms with Gasteiger partial charge in [0.05, 0.1) is 29.3 Å². The van der Waals surface area contributed by atoms with Crippen LogP contribution in [0.15, 0.2) is 36.4 Å². The van der Waals surface area contributed by atoms with Crippen molar-refractivity contribution in [2.75, 3.05) is 20.2 Å². The fraction of sp³-hybridized carbons (Fsp3) is 0.455. The lowest BCUT2D eigenvalue weighted by molar-refractivity contribution is -0.173. The molecule has 5 nitrogen and oxygen atoms in total. The van der Waals surface area contributed by atoms with Crippen molar-refractivity contribution in [3.63, 3.8) is 0 Å². The highest BCUT2D eigenvalue weighted by Crippen LogP contribution is 2.69. The number of nitrogens with zero attached hydrogens (tertiary/aromatic N) is 1. The topological polar surface area (TPSA) is 57.7 Å². The molecular formula is C33H32N2O3. The fourth-order valence-electron chi connectivity index (χ4n) is 9.56. The smallest absolute Gasteiger partial charge is 0.166 e. The van der Waals surface area contributed by atoms with Gasteiger partial charge in [-0.1, -0.05) is 24.3 Å². The largest absolute Gasteiger partial charge is 0.493 e. The number of methoxy groups -OCH3 is 1. The van der Waals surface area contributed by atoms with Crippen molar-refractivity contribution in [3.05, 3.63) is 69.9 Å². The van der Waals surface area contributed by atoms with Crippen LogP contribution in [0.25, 0.3) is 21.7 Å². The van der Waals surface area contributed by atoms with Gasteiger partial charge in [0.1, 0.15) is 0 Å². The van der Waals surface area contributed by atoms with Crippen molar-refractivity contribution in [1.82, 2.24) is 9.88 Å². The number of hydrogen-bond donors (Lipinski definition) is 2. The quantitative estimate of drug-likeness (QED) is 0.406. The summed E-state index contributed by atoms with van der Waals surface area (Å²) in [6, 6.07) is 13.6. The molecule has 5 heteroatoms. The first-order valence-electron chi connectivity index (χ1n) is 14.5. The first-order valence-corrected chi connectivity index (χ1v) is 14.5. The summed E-state index contributed by atoms with van der Waals surface area (Å²) in [4.78, 5) is 6.57. The van der Waals surface area contributed by atoms with Gasteiger partial charge < -0.3 is 19.6 Å². The van der Waals surface area contributed by atoms with E-state index in [4.69, 9.17) is 9.47 Å². The van der Waals surface area contributed by atoms with Gasteiger partial charge >= 0.3 is 0 Å². The molecule has 2 fully saturated rings. The summed E-state index contributed by atoms with van der Waals surface area (Å²) < 4.78 is 12.8. The van der Waals surface area contributed by atoms with E-state index in [2.05, 4.69) is 46.3 Å². The first-order chi connectivity index (χ1) is 18.6. The highest BCUT2D eigenvalue weighted by molar-refractivity contribution is 6.10. The number of ether oxygens (including phenoxy) is 2. The summed E-state index contributed by atoms with van der Waals surface area (Å²) >= 11 is 0. The van der Waals surface area contributed by atoms with Crippen LogP contribution in [0.1, 0.15) is 58.9 Å². The minimum absolute atomic E-state index is 0.107. The third-order valence-corrected chi connectivity index (χ3v) is 11.3. The summed E-state index contributed by atoms with van der Waals surface area (Å²) in [5.41, 5.74) is 7.81. The molecule has 2 aliphatic heterocycles. The number of likely N-dealkylation sites (tertiary alicyclic amines) is 1. The van der Waals surface area contributed by atoms with Crippen molar-refractivity contribution >= 4 is 21.7 Å². The molecule has 10 rings (SSSR count). The Morgan fingerprint density at radius 3 is 2.87 bits per heavy atom. The zero-order valence-electron chi connectivity index (χ0n) is 21.8. The van der Waals surface area contributed by atoms with E-state index in [1.54, 1.807) is 7.11 Å². The summed E-state index contributed by atoms with van der Waals surface area (Å²) in [6.45, 7) is 2.14. The number of rotatable bonds is 3. The number of piperidine rings is 1. The maximum absolute atomic E-state index is 13.2. The Labute approximate surface area is 221 Å². The minimum atomic E-state index is -0.880. The van der Waals surface area contributed by atoms with Crippen molar-refractivity contribution in [3.8, 4) is 11.5 Å². The Morgan fingerprint density at radius 1 is 1.11 bits per heavy atom. The lowest BCUT2D eigenvalue weighted by Gasteiger charge is -2.62. The Hall–Kier alpha value is -3.02. The lowest BCUT2D eigenvalue weighted by Crippen LogP contribution is -2.74. The predicted octanol–water partition coefficient (Wildman–Crippen LogP) is 5.13. The maximum Gasteiger partial charge on any atom is 0.166 e. The number of nitrogens with one attached hydrogen (secondary N) is 1. The standard InChI is InChI=1S/C33H32N2O3/c1-37-24-10-9-20-14-25-33(36)15-23-22-13-19-8-7-18-3-2-4-21(26(18)19)28(22)34-29(23)31-32(33,27(20)30(24)38-31)11-12-35(25)16-17-5-6-17/h2-4,9-10,13,17,25,31,34,36H,5-8,11-12,14-16H2,1H3/t25-,31?,32+,33?/m1/s1. The average molecular weight is 505 g/mol. The van der Waals surface area contributed by atoms with Gasteiger partial charge in [-0.3, -0.25) is 4.90 Å². The van der Waals surface area contributed by atoms with Gasteiger partial charge in [-0.05, 0) is 90.8 Å². The van der Waals surface area contributed by atoms with Crippen LogP contribution in [-0.2, 0) is 31.1 Å². The van der Waals surface area contributed by atoms with Gasteiger partial charge in [-0.2, -0.15) is 0 Å². The molecule has 1 saturated heterocycles. The summed E-state index contributed by atoms with van der Waals surface area (Å²) in [5, 5.41) is 17.2. The third kappa shape index (κ3) is 2.19. The Balaban J connectivity index is 1.27. The van der Waals surface area contributed by atoms with Gasteiger partial charge in [0.15, 0.2) is 17.6 Å². The molecule has 0 radical (unpaired) electrons. The van der Waals surface area contributed by atoms with Crippen LogP contribution in [-0.4, -0.2) is 46.8 Å². The van der Waals surface area contributed by atoms with Crippen molar-refractivity contribution in [2.45, 2.75) is 68.1 Å². The molecule has 2 unspecified atom stereocenters. The van der Waals surface area contributed by atoms with Crippen LogP contribution in [0.2, 0.25) is 0 Å². The lowest BCUT2D eigenvalue weighted by atomic mass is 9.49. The van der Waals surface area contributed by atoms with E-state index in [9.17, 15) is 5.11 Å². The number of fused-ring (bicyclic) bond motifs is 5. The third-order valence-electron chi connectivity index (χ3n) is 11.3. The van der Waals surface area contributed by atoms with Gasteiger partial charge in [-0.15, -0.1) is 0 Å². The van der Waals surface area contributed by atoms with E-state index in [0.717, 1.165) is 56.2 Å². The monoisotopic (exact) mass is 504 g/mol. The van der Waals surface area contributed by atoms with Crippen molar-refractivity contribution in [1.29, 1.82) is 0 Å². The molecule has 4 aliphatic carbocycles. The van der Waals surface area contributed by atoms with E-state index < -0.39 is 11.0 Å². The van der Waals surface area contributed by atoms with Crippen LogP contribution >= 0.6 is 0 Å². The molecule has 4 aromatic rings. The van der Waals surface area contributed by atoms with Gasteiger partial charge in [0.2, 0.25) is 0 Å². The number of benzene rings is 3. The summed E-state index contributed by atoms with van der Waals surface area (Å²) in [6.07, 6.45) is 7.12. The van der Waals surface area contributed by atoms with E-state index in [1.807, 2.05) is 0 Å². The van der Waals surface area contributed by atoms with E-state index in [1.165, 1.54) is 68.0 Å². The molecule has 3 aromatic carbocycles. The molecule has 2 N–H and O–H groups in total. The number of aromatic amines is 1. The second kappa shape index (κ2) is 6.57. The second-order valence-corrected chi connectivity index (χ2v) is 12.9. The van der Waals surface area contributed by atoms with Crippen LogP contribution in [0, 0.1) is 5.92 Å². The molecule has 0 amide bonds. The second-order valence-electron chi connectivity index (χ2n) is 12.9. The maximum atomic E-state index is 13.2. The molecule has 3 heterocycles. The van der Waals surface area contributed by atoms with Crippen molar-refractivity contribution < 1.29 is 14.6 Å². The zero-order valence-corrected chi connectivity index (χ0v) is 21.8. The van der Waals surface area contributed by atoms with Gasteiger partial charge in [-0.25, -0.2) is 0 Å². The Morgan fingerprint density at radius 2 is 2.00 bits per heavy atom. The SMILES string of the molecule is COc1ccc2c3c1OC1c4[nH]c5c(cc6c7c(cccc75)CC6)c4CC4(O)[C@@H](C2)N(CC2CC2)CC[C@]314. The van der Waals surface area contributed by atoms with Crippen LogP contribution in [0.4, 0.5) is 0 Å². The van der Waals surface area contributed by atoms with E-state index in [0.29, 0.717) is 6.42 Å². The van der Waals surface area contributed by atoms with Gasteiger partial charge in [0, 0.05) is 35.3 Å². The Kier molecular flexibility index (Phi) is 3.61. The molecule has 1 saturated carbocycles.